The second kappa shape index (κ2) is 14.8. The minimum absolute atomic E-state index is 0.0181. The molecule has 0 aliphatic carbocycles. The van der Waals surface area contributed by atoms with Gasteiger partial charge in [-0.25, -0.2) is 18.7 Å². The zero-order valence-electron chi connectivity index (χ0n) is 26.0. The Kier molecular flexibility index (Phi) is 11.1. The average Bonchev–Trinajstić information content (AvgIpc) is 3.77. The third-order valence-electron chi connectivity index (χ3n) is 7.59. The fourth-order valence-corrected chi connectivity index (χ4v) is 5.02. The molecule has 3 aromatic heterocycles. The van der Waals surface area contributed by atoms with Crippen molar-refractivity contribution >= 4 is 28.8 Å². The van der Waals surface area contributed by atoms with Gasteiger partial charge < -0.3 is 16.0 Å². The summed E-state index contributed by atoms with van der Waals surface area (Å²) in [6.07, 6.45) is 0.800. The number of Topliss-reactive ketones (excluding diaryl/α,β-unsaturated/α-hetero) is 1. The first-order chi connectivity index (χ1) is 21.8. The van der Waals surface area contributed by atoms with Gasteiger partial charge in [0, 0.05) is 35.9 Å². The molecule has 1 aromatic carbocycles. The quantitative estimate of drug-likeness (QED) is 0.180. The number of imidazole rings is 1. The maximum Gasteiger partial charge on any atom is 0.435 e. The number of benzene rings is 1. The third-order valence-corrected chi connectivity index (χ3v) is 7.59. The van der Waals surface area contributed by atoms with Crippen LogP contribution in [0.3, 0.4) is 0 Å². The predicted octanol–water partition coefficient (Wildman–Crippen LogP) is 6.04. The van der Waals surface area contributed by atoms with Crippen LogP contribution >= 0.6 is 0 Å². The lowest BCUT2D eigenvalue weighted by Crippen LogP contribution is -2.32. The topological polar surface area (TPSA) is 118 Å². The van der Waals surface area contributed by atoms with Crippen LogP contribution in [0.15, 0.2) is 43.0 Å². The number of ketones is 1. The van der Waals surface area contributed by atoms with Gasteiger partial charge in [-0.3, -0.25) is 18.7 Å². The lowest BCUT2D eigenvalue weighted by atomic mass is 10.0. The lowest BCUT2D eigenvalue weighted by Gasteiger charge is -2.15. The Balaban J connectivity index is 0.000000523. The minimum Gasteiger partial charge on any atom is -0.350 e. The molecule has 2 atom stereocenters. The normalized spacial score (nSPS) is 15.5. The van der Waals surface area contributed by atoms with Gasteiger partial charge in [0.05, 0.1) is 23.5 Å². The molecule has 4 heterocycles. The van der Waals surface area contributed by atoms with Crippen LogP contribution in [0.2, 0.25) is 0 Å². The molecule has 1 amide bonds. The van der Waals surface area contributed by atoms with Crippen molar-refractivity contribution in [1.29, 1.82) is 0 Å². The van der Waals surface area contributed by atoms with E-state index in [9.17, 15) is 31.5 Å². The van der Waals surface area contributed by atoms with Crippen molar-refractivity contribution in [3.05, 3.63) is 59.8 Å². The summed E-state index contributed by atoms with van der Waals surface area (Å²) in [5.74, 6) is 0.363. The Labute approximate surface area is 262 Å². The average molecular weight is 649 g/mol. The number of anilines is 2. The fourth-order valence-electron chi connectivity index (χ4n) is 5.02. The third kappa shape index (κ3) is 8.24. The van der Waals surface area contributed by atoms with Crippen LogP contribution in [0.4, 0.5) is 33.5 Å². The maximum absolute atomic E-state index is 13.7. The molecular formula is C31H37F5N8O2. The maximum atomic E-state index is 13.7. The molecule has 248 valence electrons. The SMILES string of the molecule is CC(=O)C1CCCN1.CCc1cc(Nc2nccn3c(-c4cn(CC(F)F)nc4C(F)(F)F)cnc23)ccc1C(=O)NC(C)CC. The molecule has 1 aliphatic rings. The van der Waals surface area contributed by atoms with Crippen molar-refractivity contribution in [1.82, 2.24) is 34.8 Å². The van der Waals surface area contributed by atoms with Crippen LogP contribution in [0.5, 0.6) is 0 Å². The highest BCUT2D eigenvalue weighted by Gasteiger charge is 2.38. The van der Waals surface area contributed by atoms with Crippen molar-refractivity contribution in [2.45, 2.75) is 84.6 Å². The number of hydrogen-bond acceptors (Lipinski definition) is 7. The highest BCUT2D eigenvalue weighted by atomic mass is 19.4. The van der Waals surface area contributed by atoms with E-state index >= 15 is 0 Å². The Morgan fingerprint density at radius 2 is 1.93 bits per heavy atom. The van der Waals surface area contributed by atoms with Gasteiger partial charge >= 0.3 is 6.18 Å². The highest BCUT2D eigenvalue weighted by molar-refractivity contribution is 5.96. The van der Waals surface area contributed by atoms with E-state index in [2.05, 4.69) is 31.0 Å². The van der Waals surface area contributed by atoms with Gasteiger partial charge in [-0.2, -0.15) is 18.3 Å². The van der Waals surface area contributed by atoms with Gasteiger partial charge in [0.15, 0.2) is 17.2 Å². The number of hydrogen-bond donors (Lipinski definition) is 3. The molecule has 0 radical (unpaired) electrons. The summed E-state index contributed by atoms with van der Waals surface area (Å²) in [5, 5.41) is 12.5. The number of carbonyl (C=O) groups is 2. The molecule has 1 aliphatic heterocycles. The van der Waals surface area contributed by atoms with E-state index in [0.29, 0.717) is 22.4 Å². The van der Waals surface area contributed by atoms with Crippen LogP contribution in [0.25, 0.3) is 16.9 Å². The van der Waals surface area contributed by atoms with E-state index in [1.165, 1.54) is 23.0 Å². The Bertz CT molecular complexity index is 1660. The number of carbonyl (C=O) groups excluding carboxylic acids is 2. The standard InChI is InChI=1S/C25H26F5N7O.C6H11NO/c1-4-14(3)33-24(38)17-7-6-16(10-15(17)5-2)34-22-23-32-11-19(37(23)9-8-31-22)18-12-36(13-20(26)27)35-21(18)25(28,29)30;1-5(8)6-3-2-4-7-6/h6-12,14,20H,4-5,13H2,1-3H3,(H,31,34)(H,33,38);6-7H,2-4H2,1H3. The van der Waals surface area contributed by atoms with E-state index in [-0.39, 0.29) is 46.5 Å². The molecular weight excluding hydrogens is 611 g/mol. The van der Waals surface area contributed by atoms with E-state index in [1.54, 1.807) is 25.1 Å². The van der Waals surface area contributed by atoms with Crippen LogP contribution in [0.1, 0.15) is 68.6 Å². The van der Waals surface area contributed by atoms with Gasteiger partial charge in [0.2, 0.25) is 0 Å². The van der Waals surface area contributed by atoms with E-state index in [4.69, 9.17) is 0 Å². The Morgan fingerprint density at radius 1 is 1.17 bits per heavy atom. The smallest absolute Gasteiger partial charge is 0.350 e. The summed E-state index contributed by atoms with van der Waals surface area (Å²) in [6.45, 7) is 7.51. The van der Waals surface area contributed by atoms with Crippen LogP contribution in [0, 0.1) is 0 Å². The summed E-state index contributed by atoms with van der Waals surface area (Å²) < 4.78 is 68.6. The first-order valence-corrected chi connectivity index (χ1v) is 15.0. The summed E-state index contributed by atoms with van der Waals surface area (Å²) in [6, 6.07) is 5.41. The first kappa shape index (κ1) is 34.5. The number of aromatic nitrogens is 5. The zero-order valence-corrected chi connectivity index (χ0v) is 26.0. The van der Waals surface area contributed by atoms with E-state index in [1.807, 2.05) is 20.8 Å². The molecule has 3 N–H and O–H groups in total. The number of amides is 1. The number of nitrogens with zero attached hydrogens (tertiary/aromatic N) is 5. The molecule has 15 heteroatoms. The number of halogens is 5. The fraction of sp³-hybridized carbons (Fsp3) is 0.452. The lowest BCUT2D eigenvalue weighted by molar-refractivity contribution is -0.141. The largest absolute Gasteiger partial charge is 0.435 e. The Hall–Kier alpha value is -4.40. The summed E-state index contributed by atoms with van der Waals surface area (Å²) in [7, 11) is 0. The van der Waals surface area contributed by atoms with Gasteiger partial charge in [0.25, 0.3) is 12.3 Å². The number of fused-ring (bicyclic) bond motifs is 1. The molecule has 0 saturated carbocycles. The van der Waals surface area contributed by atoms with E-state index < -0.39 is 24.8 Å². The van der Waals surface area contributed by atoms with E-state index in [0.717, 1.165) is 37.6 Å². The molecule has 1 saturated heterocycles. The van der Waals surface area contributed by atoms with Crippen molar-refractivity contribution in [2.75, 3.05) is 11.9 Å². The number of rotatable bonds is 10. The van der Waals surface area contributed by atoms with Crippen LogP contribution < -0.4 is 16.0 Å². The number of aryl methyl sites for hydroxylation is 1. The van der Waals surface area contributed by atoms with Crippen LogP contribution in [-0.4, -0.2) is 60.9 Å². The highest BCUT2D eigenvalue weighted by Crippen LogP contribution is 2.37. The Morgan fingerprint density at radius 3 is 2.52 bits per heavy atom. The molecule has 5 rings (SSSR count). The molecule has 46 heavy (non-hydrogen) atoms. The number of alkyl halides is 5. The van der Waals surface area contributed by atoms with Crippen LogP contribution in [-0.2, 0) is 23.9 Å². The summed E-state index contributed by atoms with van der Waals surface area (Å²) in [5.41, 5.74) is 0.519. The molecule has 10 nitrogen and oxygen atoms in total. The van der Waals surface area contributed by atoms with Crippen molar-refractivity contribution in [2.24, 2.45) is 0 Å². The van der Waals surface area contributed by atoms with Gasteiger partial charge in [-0.1, -0.05) is 13.8 Å². The monoisotopic (exact) mass is 648 g/mol. The molecule has 2 unspecified atom stereocenters. The molecule has 1 fully saturated rings. The van der Waals surface area contributed by atoms with Gasteiger partial charge in [0.1, 0.15) is 12.3 Å². The van der Waals surface area contributed by atoms with Crippen molar-refractivity contribution in [3.63, 3.8) is 0 Å². The number of nitrogens with one attached hydrogen (secondary N) is 3. The van der Waals surface area contributed by atoms with Crippen molar-refractivity contribution < 1.29 is 31.5 Å². The molecule has 0 bridgehead atoms. The van der Waals surface area contributed by atoms with Gasteiger partial charge in [-0.05, 0) is 69.8 Å². The summed E-state index contributed by atoms with van der Waals surface area (Å²) >= 11 is 0. The van der Waals surface area contributed by atoms with Gasteiger partial charge in [-0.15, -0.1) is 0 Å². The second-order valence-corrected chi connectivity index (χ2v) is 11.0. The molecule has 0 spiro atoms. The second-order valence-electron chi connectivity index (χ2n) is 11.0. The zero-order chi connectivity index (χ0) is 33.6. The first-order valence-electron chi connectivity index (χ1n) is 15.0. The van der Waals surface area contributed by atoms with Crippen molar-refractivity contribution in [3.8, 4) is 11.3 Å². The molecule has 4 aromatic rings. The summed E-state index contributed by atoms with van der Waals surface area (Å²) in [4.78, 5) is 31.7. The minimum atomic E-state index is -4.86. The predicted molar refractivity (Wildman–Crippen MR) is 163 cm³/mol.